The van der Waals surface area contributed by atoms with Gasteiger partial charge in [-0.05, 0) is 32.9 Å². The molecule has 0 radical (unpaired) electrons. The molecular weight excluding hydrogens is 390 g/mol. The molecule has 4 rings (SSSR count). The molecule has 0 amide bonds. The number of hydrogen-bond donors (Lipinski definition) is 0. The van der Waals surface area contributed by atoms with Gasteiger partial charge in [0.15, 0.2) is 11.2 Å². The zero-order chi connectivity index (χ0) is 21.6. The van der Waals surface area contributed by atoms with Gasteiger partial charge in [0.25, 0.3) is 5.56 Å². The molecule has 10 nitrogen and oxygen atoms in total. The Morgan fingerprint density at radius 3 is 2.63 bits per heavy atom. The van der Waals surface area contributed by atoms with Crippen molar-refractivity contribution in [3.8, 4) is 0 Å². The van der Waals surface area contributed by atoms with E-state index in [4.69, 9.17) is 9.15 Å². The molecular formula is C20H23N5O5. The number of carbonyl (C=O) groups excluding carboxylic acids is 1. The van der Waals surface area contributed by atoms with E-state index in [0.717, 1.165) is 21.7 Å². The lowest BCUT2D eigenvalue weighted by Gasteiger charge is -2.08. The molecule has 0 bridgehead atoms. The van der Waals surface area contributed by atoms with Crippen molar-refractivity contribution in [3.05, 3.63) is 56.4 Å². The highest BCUT2D eigenvalue weighted by Crippen LogP contribution is 2.22. The first kappa shape index (κ1) is 19.7. The van der Waals surface area contributed by atoms with Crippen LogP contribution in [0.3, 0.4) is 0 Å². The largest absolute Gasteiger partial charge is 0.467 e. The first-order chi connectivity index (χ1) is 14.3. The van der Waals surface area contributed by atoms with Crippen LogP contribution in [0.5, 0.6) is 0 Å². The first-order valence-electron chi connectivity index (χ1n) is 9.70. The molecule has 0 saturated heterocycles. The maximum atomic E-state index is 13.2. The van der Waals surface area contributed by atoms with Crippen LogP contribution in [-0.2, 0) is 29.7 Å². The monoisotopic (exact) mass is 413 g/mol. The number of aromatic nitrogens is 5. The molecule has 0 aromatic carbocycles. The summed E-state index contributed by atoms with van der Waals surface area (Å²) in [6.45, 7) is 6.19. The second-order valence-corrected chi connectivity index (χ2v) is 7.11. The van der Waals surface area contributed by atoms with Gasteiger partial charge in [-0.25, -0.2) is 4.79 Å². The molecule has 0 unspecified atom stereocenters. The lowest BCUT2D eigenvalue weighted by Crippen LogP contribution is -2.40. The van der Waals surface area contributed by atoms with Gasteiger partial charge in [-0.15, -0.1) is 0 Å². The Labute approximate surface area is 170 Å². The predicted octanol–water partition coefficient (Wildman–Crippen LogP) is 1.36. The van der Waals surface area contributed by atoms with E-state index < -0.39 is 17.2 Å². The lowest BCUT2D eigenvalue weighted by molar-refractivity contribution is -0.143. The molecule has 0 aliphatic heterocycles. The average molecular weight is 413 g/mol. The smallest absolute Gasteiger partial charge is 0.332 e. The minimum atomic E-state index is -0.524. The second-order valence-electron chi connectivity index (χ2n) is 7.11. The van der Waals surface area contributed by atoms with E-state index in [9.17, 15) is 14.4 Å². The summed E-state index contributed by atoms with van der Waals surface area (Å²) < 4.78 is 16.5. The fourth-order valence-electron chi connectivity index (χ4n) is 3.70. The van der Waals surface area contributed by atoms with E-state index in [1.807, 2.05) is 30.5 Å². The van der Waals surface area contributed by atoms with E-state index in [1.165, 1.54) is 4.57 Å². The number of aryl methyl sites for hydroxylation is 2. The molecule has 0 spiro atoms. The van der Waals surface area contributed by atoms with Crippen molar-refractivity contribution in [1.82, 2.24) is 23.1 Å². The molecule has 0 atom stereocenters. The zero-order valence-corrected chi connectivity index (χ0v) is 17.3. The van der Waals surface area contributed by atoms with Gasteiger partial charge < -0.3 is 13.7 Å². The van der Waals surface area contributed by atoms with E-state index in [1.54, 1.807) is 24.6 Å². The van der Waals surface area contributed by atoms with Crippen molar-refractivity contribution >= 4 is 22.9 Å². The highest BCUT2D eigenvalue weighted by Gasteiger charge is 2.23. The van der Waals surface area contributed by atoms with Gasteiger partial charge in [-0.3, -0.25) is 23.1 Å². The second kappa shape index (κ2) is 7.36. The van der Waals surface area contributed by atoms with Gasteiger partial charge in [0, 0.05) is 25.0 Å². The Morgan fingerprint density at radius 1 is 1.20 bits per heavy atom. The van der Waals surface area contributed by atoms with Gasteiger partial charge in [-0.2, -0.15) is 4.98 Å². The van der Waals surface area contributed by atoms with E-state index >= 15 is 0 Å². The molecule has 0 saturated carbocycles. The minimum absolute atomic E-state index is 0.0569. The number of rotatable bonds is 6. The molecule has 158 valence electrons. The van der Waals surface area contributed by atoms with Crippen molar-refractivity contribution in [3.63, 3.8) is 0 Å². The van der Waals surface area contributed by atoms with Crippen LogP contribution in [0.2, 0.25) is 0 Å². The van der Waals surface area contributed by atoms with Crippen molar-refractivity contribution in [2.75, 3.05) is 6.61 Å². The van der Waals surface area contributed by atoms with E-state index in [0.29, 0.717) is 23.5 Å². The van der Waals surface area contributed by atoms with Gasteiger partial charge in [-0.1, -0.05) is 0 Å². The van der Waals surface area contributed by atoms with Gasteiger partial charge in [0.1, 0.15) is 5.76 Å². The number of carbonyl (C=O) groups is 1. The summed E-state index contributed by atoms with van der Waals surface area (Å²) in [6.07, 6.45) is 1.54. The molecule has 30 heavy (non-hydrogen) atoms. The Kier molecular flexibility index (Phi) is 4.84. The Bertz CT molecular complexity index is 1370. The molecule has 0 fully saturated rings. The Balaban J connectivity index is 1.92. The molecule has 4 heterocycles. The van der Waals surface area contributed by atoms with Crippen molar-refractivity contribution < 1.29 is 13.9 Å². The third kappa shape index (κ3) is 2.95. The summed E-state index contributed by atoms with van der Waals surface area (Å²) in [5.41, 5.74) is 1.36. The number of hydrogen-bond acceptors (Lipinski definition) is 6. The topological polar surface area (TPSA) is 106 Å². The maximum Gasteiger partial charge on any atom is 0.332 e. The summed E-state index contributed by atoms with van der Waals surface area (Å²) in [5.74, 6) is 0.844. The van der Waals surface area contributed by atoms with Gasteiger partial charge in [0.2, 0.25) is 5.78 Å². The third-order valence-electron chi connectivity index (χ3n) is 5.37. The Hall–Kier alpha value is -3.56. The van der Waals surface area contributed by atoms with Crippen LogP contribution in [0.15, 0.2) is 32.4 Å². The minimum Gasteiger partial charge on any atom is -0.467 e. The fourth-order valence-corrected chi connectivity index (χ4v) is 3.70. The van der Waals surface area contributed by atoms with E-state index in [2.05, 4.69) is 4.98 Å². The zero-order valence-electron chi connectivity index (χ0n) is 17.3. The van der Waals surface area contributed by atoms with Crippen molar-refractivity contribution in [2.24, 2.45) is 7.05 Å². The normalized spacial score (nSPS) is 11.6. The van der Waals surface area contributed by atoms with E-state index in [-0.39, 0.29) is 19.6 Å². The summed E-state index contributed by atoms with van der Waals surface area (Å²) in [5, 5.41) is 0. The number of nitrogens with zero attached hydrogens (tertiary/aromatic N) is 5. The van der Waals surface area contributed by atoms with Crippen molar-refractivity contribution in [2.45, 2.75) is 40.3 Å². The highest BCUT2D eigenvalue weighted by atomic mass is 16.5. The maximum absolute atomic E-state index is 13.2. The van der Waals surface area contributed by atoms with Crippen LogP contribution in [-0.4, -0.2) is 35.7 Å². The van der Waals surface area contributed by atoms with Gasteiger partial charge >= 0.3 is 11.7 Å². The van der Waals surface area contributed by atoms with Crippen LogP contribution in [0.25, 0.3) is 16.9 Å². The predicted molar refractivity (Wildman–Crippen MR) is 109 cm³/mol. The number of fused-ring (bicyclic) bond motifs is 3. The third-order valence-corrected chi connectivity index (χ3v) is 5.37. The number of furan rings is 1. The Morgan fingerprint density at radius 2 is 1.97 bits per heavy atom. The quantitative estimate of drug-likeness (QED) is 0.442. The van der Waals surface area contributed by atoms with Crippen LogP contribution in [0, 0.1) is 13.8 Å². The standard InChI is InChI=1S/C20H23N5O5/c1-5-29-15(26)8-9-23-18(27)16-17(22(4)20(23)28)21-19-24(11-14-7-6-10-30-14)12(2)13(3)25(16)19/h6-7,10H,5,8-9,11H2,1-4H3. The molecule has 4 aromatic heterocycles. The highest BCUT2D eigenvalue weighted by molar-refractivity contribution is 5.76. The summed E-state index contributed by atoms with van der Waals surface area (Å²) in [7, 11) is 1.57. The first-order valence-corrected chi connectivity index (χ1v) is 9.70. The fraction of sp³-hybridized carbons (Fsp3) is 0.400. The summed E-state index contributed by atoms with van der Waals surface area (Å²) in [6, 6.07) is 3.68. The van der Waals surface area contributed by atoms with Crippen LogP contribution >= 0.6 is 0 Å². The molecule has 0 aliphatic rings. The SMILES string of the molecule is CCOC(=O)CCn1c(=O)c2c(nc3n(Cc4ccco4)c(C)c(C)n23)n(C)c1=O. The molecule has 4 aromatic rings. The van der Waals surface area contributed by atoms with Crippen LogP contribution in [0.4, 0.5) is 0 Å². The molecule has 0 aliphatic carbocycles. The molecule has 0 N–H and O–H groups in total. The van der Waals surface area contributed by atoms with Gasteiger partial charge in [0.05, 0.1) is 25.8 Å². The number of ether oxygens (including phenoxy) is 1. The summed E-state index contributed by atoms with van der Waals surface area (Å²) >= 11 is 0. The van der Waals surface area contributed by atoms with Crippen LogP contribution < -0.4 is 11.2 Å². The van der Waals surface area contributed by atoms with Crippen molar-refractivity contribution in [1.29, 1.82) is 0 Å². The number of esters is 1. The average Bonchev–Trinajstić information content (AvgIpc) is 3.41. The van der Waals surface area contributed by atoms with Crippen LogP contribution in [0.1, 0.15) is 30.5 Å². The number of imidazole rings is 2. The lowest BCUT2D eigenvalue weighted by atomic mass is 10.3. The summed E-state index contributed by atoms with van der Waals surface area (Å²) in [4.78, 5) is 42.3. The molecule has 10 heteroatoms.